The second-order valence-electron chi connectivity index (χ2n) is 10.3. The molecule has 0 amide bonds. The zero-order valence-electron chi connectivity index (χ0n) is 25.1. The van der Waals surface area contributed by atoms with Gasteiger partial charge in [0, 0.05) is 48.8 Å². The molecule has 0 saturated heterocycles. The predicted molar refractivity (Wildman–Crippen MR) is 165 cm³/mol. The van der Waals surface area contributed by atoms with Gasteiger partial charge in [0.15, 0.2) is 17.3 Å². The topological polar surface area (TPSA) is 113 Å². The lowest BCUT2D eigenvalue weighted by molar-refractivity contribution is 0.0991. The summed E-state index contributed by atoms with van der Waals surface area (Å²) in [6, 6.07) is 14.7. The Kier molecular flexibility index (Phi) is 9.01. The molecule has 10 heteroatoms. The van der Waals surface area contributed by atoms with E-state index in [2.05, 4.69) is 15.0 Å². The van der Waals surface area contributed by atoms with Gasteiger partial charge in [-0.05, 0) is 61.7 Å². The van der Waals surface area contributed by atoms with Gasteiger partial charge in [0.25, 0.3) is 5.88 Å². The minimum Gasteiger partial charge on any atom is -0.485 e. The van der Waals surface area contributed by atoms with Crippen LogP contribution in [0.15, 0.2) is 65.6 Å². The van der Waals surface area contributed by atoms with Crippen molar-refractivity contribution in [3.05, 3.63) is 105 Å². The van der Waals surface area contributed by atoms with Gasteiger partial charge in [0.05, 0.1) is 24.8 Å². The van der Waals surface area contributed by atoms with Crippen molar-refractivity contribution in [2.75, 3.05) is 27.4 Å². The summed E-state index contributed by atoms with van der Waals surface area (Å²) in [5, 5.41) is 0. The second kappa shape index (κ2) is 13.0. The average molecular weight is 598 g/mol. The van der Waals surface area contributed by atoms with Gasteiger partial charge in [-0.25, -0.2) is 9.37 Å². The van der Waals surface area contributed by atoms with Crippen LogP contribution in [0, 0.1) is 26.6 Å². The summed E-state index contributed by atoms with van der Waals surface area (Å²) in [7, 11) is 3.10. The fourth-order valence-corrected chi connectivity index (χ4v) is 5.09. The van der Waals surface area contributed by atoms with E-state index >= 15 is 0 Å². The number of hydrogen-bond acceptors (Lipinski definition) is 8. The molecule has 1 N–H and O–H groups in total. The van der Waals surface area contributed by atoms with Gasteiger partial charge in [-0.2, -0.15) is 0 Å². The first-order valence-electron chi connectivity index (χ1n) is 14.0. The van der Waals surface area contributed by atoms with E-state index in [4.69, 9.17) is 18.9 Å². The lowest BCUT2D eigenvalue weighted by Crippen LogP contribution is -2.23. The highest BCUT2D eigenvalue weighted by atomic mass is 19.1. The molecular weight excluding hydrogens is 565 g/mol. The zero-order valence-corrected chi connectivity index (χ0v) is 25.1. The molecule has 3 aromatic heterocycles. The highest BCUT2D eigenvalue weighted by Gasteiger charge is 2.21. The van der Waals surface area contributed by atoms with Crippen molar-refractivity contribution in [2.45, 2.75) is 27.2 Å². The van der Waals surface area contributed by atoms with Crippen LogP contribution in [-0.4, -0.2) is 48.2 Å². The molecule has 9 nitrogen and oxygen atoms in total. The lowest BCUT2D eigenvalue weighted by Gasteiger charge is -2.14. The molecule has 0 bridgehead atoms. The number of pyridine rings is 3. The monoisotopic (exact) mass is 597 g/mol. The highest BCUT2D eigenvalue weighted by Crippen LogP contribution is 2.34. The summed E-state index contributed by atoms with van der Waals surface area (Å²) in [6.07, 6.45) is 1.62. The number of halogens is 1. The minimum absolute atomic E-state index is 0.0118. The summed E-state index contributed by atoms with van der Waals surface area (Å²) >= 11 is 0. The van der Waals surface area contributed by atoms with Crippen LogP contribution in [0.25, 0.3) is 22.2 Å². The Morgan fingerprint density at radius 3 is 2.41 bits per heavy atom. The van der Waals surface area contributed by atoms with E-state index in [1.807, 2.05) is 0 Å². The van der Waals surface area contributed by atoms with Crippen LogP contribution < -0.4 is 19.6 Å². The number of carbonyl (C=O) groups is 1. The van der Waals surface area contributed by atoms with E-state index in [1.165, 1.54) is 19.2 Å². The van der Waals surface area contributed by atoms with Crippen molar-refractivity contribution in [1.29, 1.82) is 0 Å². The Bertz CT molecular complexity index is 1900. The Hall–Kier alpha value is -5.09. The first-order chi connectivity index (χ1) is 21.2. The van der Waals surface area contributed by atoms with E-state index in [1.54, 1.807) is 76.5 Å². The fourth-order valence-electron chi connectivity index (χ4n) is 5.09. The van der Waals surface area contributed by atoms with Crippen molar-refractivity contribution in [3.63, 3.8) is 0 Å². The number of ether oxygens (including phenoxy) is 4. The number of H-pyrrole nitrogens is 1. The van der Waals surface area contributed by atoms with Gasteiger partial charge in [-0.3, -0.25) is 14.6 Å². The van der Waals surface area contributed by atoms with Crippen LogP contribution in [0.4, 0.5) is 4.39 Å². The summed E-state index contributed by atoms with van der Waals surface area (Å²) in [5.41, 5.74) is 4.14. The van der Waals surface area contributed by atoms with Gasteiger partial charge in [0.1, 0.15) is 23.7 Å². The quantitative estimate of drug-likeness (QED) is 0.139. The van der Waals surface area contributed by atoms with Crippen LogP contribution in [0.3, 0.4) is 0 Å². The standard InChI is InChI=1S/C34H32FN3O6/c1-19-16-23(35)8-11-25(19)30-20(2)37-21(3)31(33(30)40)27(39)17-22-6-9-24(10-7-22)44-28-12-13-36-26-18-29(43-15-14-41-4)34(42-5)38-32(26)28/h6-13,16,18H,14-15,17H2,1-5H3,(H,37,40). The Balaban J connectivity index is 1.37. The van der Waals surface area contributed by atoms with E-state index in [0.29, 0.717) is 81.0 Å². The van der Waals surface area contributed by atoms with E-state index in [-0.39, 0.29) is 29.0 Å². The molecular formula is C34H32FN3O6. The SMILES string of the molecule is COCCOc1cc2nccc(Oc3ccc(CC(=O)c4c(C)[nH]c(C)c(-c5ccc(F)cc5C)c4=O)cc3)c2nc1OC. The molecule has 44 heavy (non-hydrogen) atoms. The number of Topliss-reactive ketones (excluding diaryl/α,β-unsaturated/α-hetero) is 1. The molecule has 0 aliphatic rings. The first kappa shape index (κ1) is 30.4. The number of fused-ring (bicyclic) bond motifs is 1. The van der Waals surface area contributed by atoms with E-state index < -0.39 is 0 Å². The predicted octanol–water partition coefficient (Wildman–Crippen LogP) is 6.30. The molecule has 226 valence electrons. The number of aromatic nitrogens is 3. The van der Waals surface area contributed by atoms with Gasteiger partial charge in [-0.1, -0.05) is 18.2 Å². The van der Waals surface area contributed by atoms with Gasteiger partial charge in [0.2, 0.25) is 5.43 Å². The third-order valence-electron chi connectivity index (χ3n) is 7.18. The Labute approximate surface area is 253 Å². The number of nitrogens with zero attached hydrogens (tertiary/aromatic N) is 2. The van der Waals surface area contributed by atoms with Crippen molar-refractivity contribution in [2.24, 2.45) is 0 Å². The minimum atomic E-state index is -0.387. The molecule has 2 aromatic carbocycles. The molecule has 5 aromatic rings. The van der Waals surface area contributed by atoms with Crippen molar-refractivity contribution < 1.29 is 28.1 Å². The molecule has 0 atom stereocenters. The van der Waals surface area contributed by atoms with Crippen LogP contribution >= 0.6 is 0 Å². The molecule has 0 fully saturated rings. The number of ketones is 1. The highest BCUT2D eigenvalue weighted by molar-refractivity contribution is 5.99. The number of hydrogen-bond donors (Lipinski definition) is 1. The second-order valence-corrected chi connectivity index (χ2v) is 10.3. The summed E-state index contributed by atoms with van der Waals surface area (Å²) in [4.78, 5) is 39.1. The number of benzene rings is 2. The Morgan fingerprint density at radius 2 is 1.70 bits per heavy atom. The van der Waals surface area contributed by atoms with Crippen molar-refractivity contribution in [1.82, 2.24) is 15.0 Å². The number of aromatic amines is 1. The van der Waals surface area contributed by atoms with Crippen LogP contribution in [-0.2, 0) is 11.2 Å². The van der Waals surface area contributed by atoms with E-state index in [0.717, 1.165) is 0 Å². The van der Waals surface area contributed by atoms with E-state index in [9.17, 15) is 14.0 Å². The summed E-state index contributed by atoms with van der Waals surface area (Å²) in [6.45, 7) is 5.96. The molecule has 5 rings (SSSR count). The molecule has 0 aliphatic carbocycles. The maximum Gasteiger partial charge on any atom is 0.257 e. The normalized spacial score (nSPS) is 11.0. The average Bonchev–Trinajstić information content (AvgIpc) is 2.99. The van der Waals surface area contributed by atoms with Gasteiger partial charge in [-0.15, -0.1) is 0 Å². The van der Waals surface area contributed by atoms with Crippen LogP contribution in [0.5, 0.6) is 23.1 Å². The third-order valence-corrected chi connectivity index (χ3v) is 7.18. The largest absolute Gasteiger partial charge is 0.485 e. The van der Waals surface area contributed by atoms with Crippen molar-refractivity contribution >= 4 is 16.8 Å². The fraction of sp³-hybridized carbons (Fsp3) is 0.235. The maximum absolute atomic E-state index is 13.7. The molecule has 0 aliphatic heterocycles. The zero-order chi connectivity index (χ0) is 31.4. The molecule has 0 unspecified atom stereocenters. The summed E-state index contributed by atoms with van der Waals surface area (Å²) in [5.74, 6) is 1.01. The maximum atomic E-state index is 13.7. The number of methoxy groups -OCH3 is 2. The Morgan fingerprint density at radius 1 is 0.932 bits per heavy atom. The van der Waals surface area contributed by atoms with Crippen LogP contribution in [0.1, 0.15) is 32.9 Å². The molecule has 0 radical (unpaired) electrons. The summed E-state index contributed by atoms with van der Waals surface area (Å²) < 4.78 is 36.0. The lowest BCUT2D eigenvalue weighted by atomic mass is 9.93. The van der Waals surface area contributed by atoms with Gasteiger partial charge >= 0.3 is 0 Å². The first-order valence-corrected chi connectivity index (χ1v) is 14.0. The van der Waals surface area contributed by atoms with Gasteiger partial charge < -0.3 is 23.9 Å². The number of rotatable bonds is 11. The molecule has 0 spiro atoms. The smallest absolute Gasteiger partial charge is 0.257 e. The number of aryl methyl sites for hydroxylation is 3. The van der Waals surface area contributed by atoms with Crippen molar-refractivity contribution in [3.8, 4) is 34.3 Å². The molecule has 3 heterocycles. The molecule has 0 saturated carbocycles. The number of carbonyl (C=O) groups excluding carboxylic acids is 1. The number of nitrogens with one attached hydrogen (secondary N) is 1. The third kappa shape index (κ3) is 6.30. The van der Waals surface area contributed by atoms with Crippen LogP contribution in [0.2, 0.25) is 0 Å².